The number of aromatic nitrogens is 2. The Morgan fingerprint density at radius 1 is 1.44 bits per heavy atom. The van der Waals surface area contributed by atoms with E-state index in [1.807, 2.05) is 25.1 Å². The van der Waals surface area contributed by atoms with Crippen LogP contribution in [0.4, 0.5) is 5.82 Å². The summed E-state index contributed by atoms with van der Waals surface area (Å²) in [5.74, 6) is 0.339. The van der Waals surface area contributed by atoms with Crippen LogP contribution in [0.15, 0.2) is 27.5 Å². The van der Waals surface area contributed by atoms with Gasteiger partial charge in [-0.15, -0.1) is 0 Å². The third-order valence-corrected chi connectivity index (χ3v) is 4.85. The fourth-order valence-corrected chi connectivity index (χ4v) is 3.55. The minimum atomic E-state index is -0.707. The number of carbonyl (C=O) groups is 1. The summed E-state index contributed by atoms with van der Waals surface area (Å²) in [6.07, 6.45) is 1.05. The average Bonchev–Trinajstić information content (AvgIpc) is 2.47. The van der Waals surface area contributed by atoms with E-state index in [1.165, 1.54) is 4.68 Å². The molecule has 2 N–H and O–H groups in total. The average molecular weight is 409 g/mol. The number of amides is 1. The molecule has 2 aromatic rings. The van der Waals surface area contributed by atoms with Crippen LogP contribution in [-0.4, -0.2) is 46.5 Å². The number of hydrogen-bond acceptors (Lipinski definition) is 5. The highest BCUT2D eigenvalue weighted by atomic mass is 79.9. The quantitative estimate of drug-likeness (QED) is 0.794. The molecule has 1 saturated carbocycles. The summed E-state index contributed by atoms with van der Waals surface area (Å²) in [6.45, 7) is 1.59. The molecule has 0 unspecified atom stereocenters. The molecule has 0 spiro atoms. The van der Waals surface area contributed by atoms with Crippen LogP contribution in [0.3, 0.4) is 0 Å². The van der Waals surface area contributed by atoms with Crippen LogP contribution < -0.4 is 15.8 Å². The number of carbonyl (C=O) groups excluding carboxylic acids is 1. The van der Waals surface area contributed by atoms with E-state index in [0.717, 1.165) is 9.86 Å². The number of halogens is 1. The highest BCUT2D eigenvalue weighted by Crippen LogP contribution is 2.31. The zero-order valence-corrected chi connectivity index (χ0v) is 16.0. The number of aliphatic hydroxyl groups is 1. The molecule has 25 heavy (non-hydrogen) atoms. The summed E-state index contributed by atoms with van der Waals surface area (Å²) in [4.78, 5) is 26.7. The zero-order chi connectivity index (χ0) is 18.4. The lowest BCUT2D eigenvalue weighted by Gasteiger charge is -2.41. The van der Waals surface area contributed by atoms with E-state index in [9.17, 15) is 14.7 Å². The van der Waals surface area contributed by atoms with Crippen molar-refractivity contribution in [1.29, 1.82) is 0 Å². The molecule has 1 aliphatic rings. The van der Waals surface area contributed by atoms with E-state index >= 15 is 0 Å². The first-order valence-corrected chi connectivity index (χ1v) is 8.85. The molecule has 7 nitrogen and oxygen atoms in total. The molecule has 0 saturated heterocycles. The Morgan fingerprint density at radius 3 is 2.72 bits per heavy atom. The molecule has 0 radical (unpaired) electrons. The van der Waals surface area contributed by atoms with Gasteiger partial charge in [0.05, 0.1) is 11.0 Å². The Balaban J connectivity index is 1.89. The summed E-state index contributed by atoms with van der Waals surface area (Å²) >= 11 is 3.41. The van der Waals surface area contributed by atoms with Gasteiger partial charge in [0.2, 0.25) is 5.91 Å². The van der Waals surface area contributed by atoms with Crippen molar-refractivity contribution < 1.29 is 9.90 Å². The fraction of sp³-hybridized carbons (Fsp3) is 0.471. The molecule has 1 fully saturated rings. The van der Waals surface area contributed by atoms with Crippen LogP contribution >= 0.6 is 15.9 Å². The lowest BCUT2D eigenvalue weighted by Crippen LogP contribution is -2.54. The molecule has 1 aromatic carbocycles. The lowest BCUT2D eigenvalue weighted by molar-refractivity contribution is -0.125. The van der Waals surface area contributed by atoms with Gasteiger partial charge in [0.15, 0.2) is 5.82 Å². The first-order valence-electron chi connectivity index (χ1n) is 8.06. The summed E-state index contributed by atoms with van der Waals surface area (Å²) in [6, 6.07) is 5.32. The van der Waals surface area contributed by atoms with Crippen LogP contribution in [0.2, 0.25) is 0 Å². The van der Waals surface area contributed by atoms with Crippen molar-refractivity contribution in [3.05, 3.63) is 33.0 Å². The number of benzene rings is 1. The molecular formula is C17H21BrN4O3. The van der Waals surface area contributed by atoms with Crippen molar-refractivity contribution in [2.75, 3.05) is 19.0 Å². The predicted octanol–water partition coefficient (Wildman–Crippen LogP) is 1.25. The summed E-state index contributed by atoms with van der Waals surface area (Å²) in [7, 11) is 3.68. The highest BCUT2D eigenvalue weighted by Gasteiger charge is 2.39. The summed E-state index contributed by atoms with van der Waals surface area (Å²) in [5, 5.41) is 18.2. The van der Waals surface area contributed by atoms with E-state index in [-0.39, 0.29) is 24.1 Å². The molecule has 0 bridgehead atoms. The number of rotatable bonds is 4. The van der Waals surface area contributed by atoms with Crippen molar-refractivity contribution in [2.45, 2.75) is 38.0 Å². The minimum Gasteiger partial charge on any atom is -0.390 e. The van der Waals surface area contributed by atoms with Crippen molar-refractivity contribution in [2.24, 2.45) is 0 Å². The van der Waals surface area contributed by atoms with E-state index in [2.05, 4.69) is 26.3 Å². The van der Waals surface area contributed by atoms with Crippen molar-refractivity contribution >= 4 is 38.4 Å². The Hall–Kier alpha value is -1.93. The molecule has 1 amide bonds. The number of nitrogens with zero attached hydrogens (tertiary/aromatic N) is 3. The SMILES string of the molecule is CN(C)c1nn(CC(=O)N[C@H]2C[C@@](C)(O)C2)c(=O)c2ccc(Br)cc12. The molecule has 1 heterocycles. The molecule has 1 aromatic heterocycles. The molecule has 134 valence electrons. The van der Waals surface area contributed by atoms with E-state index < -0.39 is 5.60 Å². The van der Waals surface area contributed by atoms with Gasteiger partial charge in [0, 0.05) is 30.0 Å². The van der Waals surface area contributed by atoms with E-state index in [1.54, 1.807) is 19.1 Å². The van der Waals surface area contributed by atoms with Crippen molar-refractivity contribution in [3.8, 4) is 0 Å². The van der Waals surface area contributed by atoms with Crippen molar-refractivity contribution in [3.63, 3.8) is 0 Å². The molecule has 1 aliphatic carbocycles. The monoisotopic (exact) mass is 408 g/mol. The highest BCUT2D eigenvalue weighted by molar-refractivity contribution is 9.10. The van der Waals surface area contributed by atoms with Crippen LogP contribution in [0.1, 0.15) is 19.8 Å². The summed E-state index contributed by atoms with van der Waals surface area (Å²) in [5.41, 5.74) is -1.01. The van der Waals surface area contributed by atoms with E-state index in [0.29, 0.717) is 24.0 Å². The third kappa shape index (κ3) is 3.69. The van der Waals surface area contributed by atoms with Crippen LogP contribution in [0.5, 0.6) is 0 Å². The maximum Gasteiger partial charge on any atom is 0.275 e. The van der Waals surface area contributed by atoms with Gasteiger partial charge in [-0.2, -0.15) is 5.10 Å². The minimum absolute atomic E-state index is 0.0528. The number of hydrogen-bond donors (Lipinski definition) is 2. The smallest absolute Gasteiger partial charge is 0.275 e. The second kappa shape index (κ2) is 6.42. The Kier molecular flexibility index (Phi) is 4.59. The molecule has 3 rings (SSSR count). The lowest BCUT2D eigenvalue weighted by atomic mass is 9.77. The Labute approximate surface area is 153 Å². The standard InChI is InChI=1S/C17H21BrN4O3/c1-17(25)7-11(8-17)19-14(23)9-22-16(24)12-5-4-10(18)6-13(12)15(20-22)21(2)3/h4-6,11,25H,7-9H2,1-3H3,(H,19,23)/t11-,17+. The van der Waals surface area contributed by atoms with Gasteiger partial charge in [0.25, 0.3) is 5.56 Å². The number of nitrogens with one attached hydrogen (secondary N) is 1. The van der Waals surface area contributed by atoms with Gasteiger partial charge >= 0.3 is 0 Å². The second-order valence-corrected chi connectivity index (χ2v) is 7.96. The number of fused-ring (bicyclic) bond motifs is 1. The molecule has 0 aliphatic heterocycles. The first kappa shape index (κ1) is 17.9. The van der Waals surface area contributed by atoms with Gasteiger partial charge in [-0.3, -0.25) is 9.59 Å². The topological polar surface area (TPSA) is 87.5 Å². The fourth-order valence-electron chi connectivity index (χ4n) is 3.19. The van der Waals surface area contributed by atoms with E-state index in [4.69, 9.17) is 0 Å². The number of anilines is 1. The molecule has 0 atom stereocenters. The van der Waals surface area contributed by atoms with Crippen LogP contribution in [0, 0.1) is 0 Å². The Bertz CT molecular complexity index is 883. The van der Waals surface area contributed by atoms with Gasteiger partial charge < -0.3 is 15.3 Å². The molecule has 8 heteroatoms. The normalized spacial score (nSPS) is 22.5. The maximum atomic E-state index is 12.7. The van der Waals surface area contributed by atoms with Gasteiger partial charge in [-0.05, 0) is 38.0 Å². The van der Waals surface area contributed by atoms with Crippen molar-refractivity contribution in [1.82, 2.24) is 15.1 Å². The van der Waals surface area contributed by atoms with Crippen LogP contribution in [0.25, 0.3) is 10.8 Å². The first-order chi connectivity index (χ1) is 11.7. The van der Waals surface area contributed by atoms with Crippen LogP contribution in [-0.2, 0) is 11.3 Å². The molecular weight excluding hydrogens is 388 g/mol. The zero-order valence-electron chi connectivity index (χ0n) is 14.4. The largest absolute Gasteiger partial charge is 0.390 e. The van der Waals surface area contributed by atoms with Gasteiger partial charge in [-0.25, -0.2) is 4.68 Å². The predicted molar refractivity (Wildman–Crippen MR) is 99.8 cm³/mol. The van der Waals surface area contributed by atoms with Gasteiger partial charge in [-0.1, -0.05) is 15.9 Å². The third-order valence-electron chi connectivity index (χ3n) is 4.36. The second-order valence-electron chi connectivity index (χ2n) is 7.04. The Morgan fingerprint density at radius 2 is 2.12 bits per heavy atom. The summed E-state index contributed by atoms with van der Waals surface area (Å²) < 4.78 is 2.05. The maximum absolute atomic E-state index is 12.7. The van der Waals surface area contributed by atoms with Gasteiger partial charge in [0.1, 0.15) is 6.54 Å².